The molecule has 37 heavy (non-hydrogen) atoms. The minimum absolute atomic E-state index is 0.0142. The summed E-state index contributed by atoms with van der Waals surface area (Å²) < 4.78 is 89.3. The Labute approximate surface area is 208 Å². The van der Waals surface area contributed by atoms with Gasteiger partial charge in [-0.05, 0) is 37.0 Å². The third-order valence-electron chi connectivity index (χ3n) is 6.40. The van der Waals surface area contributed by atoms with Crippen LogP contribution in [0.3, 0.4) is 0 Å². The van der Waals surface area contributed by atoms with Gasteiger partial charge in [0.05, 0.1) is 37.1 Å². The maximum Gasteiger partial charge on any atom is 0.416 e. The van der Waals surface area contributed by atoms with E-state index < -0.39 is 42.3 Å². The lowest BCUT2D eigenvalue weighted by molar-refractivity contribution is -0.215. The number of hydrogen-bond acceptors (Lipinski definition) is 6. The van der Waals surface area contributed by atoms with Crippen LogP contribution in [0.25, 0.3) is 0 Å². The van der Waals surface area contributed by atoms with Crippen LogP contribution >= 0.6 is 0 Å². The van der Waals surface area contributed by atoms with Gasteiger partial charge in [0.25, 0.3) is 0 Å². The molecule has 2 aliphatic heterocycles. The van der Waals surface area contributed by atoms with Gasteiger partial charge < -0.3 is 19.5 Å². The fourth-order valence-electron chi connectivity index (χ4n) is 4.45. The highest BCUT2D eigenvalue weighted by Crippen LogP contribution is 2.35. The molecule has 1 aromatic carbocycles. The zero-order valence-electron chi connectivity index (χ0n) is 19.6. The summed E-state index contributed by atoms with van der Waals surface area (Å²) in [7, 11) is 0. The molecule has 0 bridgehead atoms. The quantitative estimate of drug-likeness (QED) is 0.545. The normalized spacial score (nSPS) is 23.9. The average Bonchev–Trinajstić information content (AvgIpc) is 3.52. The van der Waals surface area contributed by atoms with Gasteiger partial charge in [0, 0.05) is 19.5 Å². The van der Waals surface area contributed by atoms with E-state index >= 15 is 0 Å². The van der Waals surface area contributed by atoms with Crippen LogP contribution < -0.4 is 0 Å². The van der Waals surface area contributed by atoms with Crippen molar-refractivity contribution in [2.24, 2.45) is 0 Å². The van der Waals surface area contributed by atoms with E-state index in [0.29, 0.717) is 6.54 Å². The molecule has 0 radical (unpaired) electrons. The van der Waals surface area contributed by atoms with Crippen LogP contribution in [0, 0.1) is 0 Å². The number of carbonyl (C=O) groups excluding carboxylic acids is 1. The van der Waals surface area contributed by atoms with Crippen molar-refractivity contribution in [2.45, 2.75) is 69.0 Å². The Bertz CT molecular complexity index is 1080. The molecule has 0 spiro atoms. The minimum Gasteiger partial charge on any atom is -0.382 e. The Morgan fingerprint density at radius 2 is 1.95 bits per heavy atom. The summed E-state index contributed by atoms with van der Waals surface area (Å²) in [5.74, 6) is -0.216. The standard InChI is InChI=1S/C23H26F6N4O4/c24-22(25,26)15-3-1-2-14(10-15)21(35)18-13-33(31-30-18)12-17-11-32(8-9-36-17)20(34)7-5-16-4-6-19(37-16)23(27,28)29/h1-3,10,13,16-17,19,21,35H,4-9,11-12H2/t16-,17?,19+,21?/m0/s1. The molecule has 2 aromatic rings. The Morgan fingerprint density at radius 1 is 1.16 bits per heavy atom. The molecule has 14 heteroatoms. The summed E-state index contributed by atoms with van der Waals surface area (Å²) in [5.41, 5.74) is -0.825. The fraction of sp³-hybridized carbons (Fsp3) is 0.609. The van der Waals surface area contributed by atoms with Gasteiger partial charge in [-0.15, -0.1) is 5.10 Å². The molecule has 0 aliphatic carbocycles. The highest BCUT2D eigenvalue weighted by molar-refractivity contribution is 5.76. The zero-order valence-corrected chi connectivity index (χ0v) is 19.6. The maximum absolute atomic E-state index is 13.0. The van der Waals surface area contributed by atoms with Crippen molar-refractivity contribution in [1.29, 1.82) is 0 Å². The molecule has 1 amide bonds. The summed E-state index contributed by atoms with van der Waals surface area (Å²) in [5, 5.41) is 18.2. The number of aliphatic hydroxyl groups excluding tert-OH is 1. The number of morpholine rings is 1. The zero-order chi connectivity index (χ0) is 26.8. The number of aromatic nitrogens is 3. The van der Waals surface area contributed by atoms with E-state index in [2.05, 4.69) is 10.3 Å². The van der Waals surface area contributed by atoms with E-state index in [-0.39, 0.29) is 62.5 Å². The van der Waals surface area contributed by atoms with Gasteiger partial charge in [0.2, 0.25) is 5.91 Å². The maximum atomic E-state index is 13.0. The predicted molar refractivity (Wildman–Crippen MR) is 115 cm³/mol. The predicted octanol–water partition coefficient (Wildman–Crippen LogP) is 3.50. The number of halogens is 6. The van der Waals surface area contributed by atoms with Gasteiger partial charge in [-0.1, -0.05) is 17.3 Å². The third-order valence-corrected chi connectivity index (χ3v) is 6.40. The van der Waals surface area contributed by atoms with Gasteiger partial charge in [-0.3, -0.25) is 4.79 Å². The summed E-state index contributed by atoms with van der Waals surface area (Å²) in [6, 6.07) is 4.30. The molecule has 204 valence electrons. The van der Waals surface area contributed by atoms with E-state index in [1.807, 2.05) is 0 Å². The first-order valence-corrected chi connectivity index (χ1v) is 11.8. The van der Waals surface area contributed by atoms with Crippen molar-refractivity contribution in [3.8, 4) is 0 Å². The molecule has 2 aliphatic rings. The van der Waals surface area contributed by atoms with Crippen LogP contribution in [0.2, 0.25) is 0 Å². The van der Waals surface area contributed by atoms with Gasteiger partial charge in [-0.25, -0.2) is 4.68 Å². The molecule has 2 saturated heterocycles. The van der Waals surface area contributed by atoms with Crippen LogP contribution in [0.4, 0.5) is 26.3 Å². The van der Waals surface area contributed by atoms with E-state index in [1.165, 1.54) is 23.0 Å². The van der Waals surface area contributed by atoms with Crippen molar-refractivity contribution in [3.63, 3.8) is 0 Å². The van der Waals surface area contributed by atoms with Crippen LogP contribution in [-0.4, -0.2) is 75.1 Å². The van der Waals surface area contributed by atoms with Gasteiger partial charge in [0.15, 0.2) is 6.10 Å². The second-order valence-electron chi connectivity index (χ2n) is 9.13. The number of aliphatic hydroxyl groups is 1. The molecule has 2 unspecified atom stereocenters. The molecular formula is C23H26F6N4O4. The molecule has 1 N–H and O–H groups in total. The average molecular weight is 536 g/mol. The number of carbonyl (C=O) groups is 1. The lowest BCUT2D eigenvalue weighted by Gasteiger charge is -2.33. The number of nitrogens with zero attached hydrogens (tertiary/aromatic N) is 4. The summed E-state index contributed by atoms with van der Waals surface area (Å²) in [4.78, 5) is 14.2. The smallest absolute Gasteiger partial charge is 0.382 e. The Balaban J connectivity index is 1.28. The van der Waals surface area contributed by atoms with E-state index in [4.69, 9.17) is 9.47 Å². The molecular weight excluding hydrogens is 510 g/mol. The first-order chi connectivity index (χ1) is 17.4. The third kappa shape index (κ3) is 6.99. The van der Waals surface area contributed by atoms with Gasteiger partial charge >= 0.3 is 12.4 Å². The Hall–Kier alpha value is -2.71. The second kappa shape index (κ2) is 11.0. The summed E-state index contributed by atoms with van der Waals surface area (Å²) in [6.45, 7) is 0.982. The monoisotopic (exact) mass is 536 g/mol. The van der Waals surface area contributed by atoms with Gasteiger partial charge in [-0.2, -0.15) is 26.3 Å². The number of benzene rings is 1. The summed E-state index contributed by atoms with van der Waals surface area (Å²) >= 11 is 0. The van der Waals surface area contributed by atoms with Crippen LogP contribution in [0.5, 0.6) is 0 Å². The lowest BCUT2D eigenvalue weighted by Crippen LogP contribution is -2.47. The molecule has 2 fully saturated rings. The Kier molecular flexibility index (Phi) is 8.09. The number of hydrogen-bond donors (Lipinski definition) is 1. The molecule has 4 rings (SSSR count). The van der Waals surface area contributed by atoms with E-state index in [1.54, 1.807) is 4.90 Å². The molecule has 8 nitrogen and oxygen atoms in total. The van der Waals surface area contributed by atoms with Gasteiger partial charge in [0.1, 0.15) is 11.8 Å². The fourth-order valence-corrected chi connectivity index (χ4v) is 4.45. The second-order valence-corrected chi connectivity index (χ2v) is 9.13. The van der Waals surface area contributed by atoms with Crippen molar-refractivity contribution in [2.75, 3.05) is 19.7 Å². The Morgan fingerprint density at radius 3 is 2.65 bits per heavy atom. The number of alkyl halides is 6. The lowest BCUT2D eigenvalue weighted by atomic mass is 10.0. The van der Waals surface area contributed by atoms with Crippen molar-refractivity contribution in [3.05, 3.63) is 47.3 Å². The van der Waals surface area contributed by atoms with Crippen LogP contribution in [-0.2, 0) is 27.0 Å². The largest absolute Gasteiger partial charge is 0.416 e. The first kappa shape index (κ1) is 27.3. The van der Waals surface area contributed by atoms with Crippen molar-refractivity contribution >= 4 is 5.91 Å². The van der Waals surface area contributed by atoms with E-state index in [0.717, 1.165) is 12.1 Å². The highest BCUT2D eigenvalue weighted by atomic mass is 19.4. The van der Waals surface area contributed by atoms with Crippen molar-refractivity contribution in [1.82, 2.24) is 19.9 Å². The minimum atomic E-state index is -4.55. The molecule has 0 saturated carbocycles. The molecule has 4 atom stereocenters. The first-order valence-electron chi connectivity index (χ1n) is 11.8. The van der Waals surface area contributed by atoms with Crippen LogP contribution in [0.15, 0.2) is 30.5 Å². The number of amides is 1. The SMILES string of the molecule is O=C(CC[C@@H]1CC[C@H](C(F)(F)F)O1)N1CCOC(Cn2cc(C(O)c3cccc(C(F)(F)F)c3)nn2)C1. The van der Waals surface area contributed by atoms with Crippen LogP contribution in [0.1, 0.15) is 48.6 Å². The summed E-state index contributed by atoms with van der Waals surface area (Å²) in [6.07, 6.45) is -11.4. The number of rotatable bonds is 7. The van der Waals surface area contributed by atoms with Crippen molar-refractivity contribution < 1.29 is 45.7 Å². The topological polar surface area (TPSA) is 89.7 Å². The molecule has 1 aromatic heterocycles. The molecule has 3 heterocycles. The number of ether oxygens (including phenoxy) is 2. The van der Waals surface area contributed by atoms with E-state index in [9.17, 15) is 36.2 Å². The highest BCUT2D eigenvalue weighted by Gasteiger charge is 2.45.